The van der Waals surface area contributed by atoms with Crippen molar-refractivity contribution in [2.24, 2.45) is 0 Å². The molecule has 0 aromatic heterocycles. The smallest absolute Gasteiger partial charge is 0.310 e. The predicted molar refractivity (Wildman–Crippen MR) is 48.1 cm³/mol. The molecule has 0 amide bonds. The number of esters is 1. The van der Waals surface area contributed by atoms with Gasteiger partial charge < -0.3 is 9.47 Å². The molecule has 0 heterocycles. The Balaban J connectivity index is 2.81. The van der Waals surface area contributed by atoms with Gasteiger partial charge in [-0.3, -0.25) is 4.79 Å². The first-order valence-corrected chi connectivity index (χ1v) is 3.84. The second-order valence-electron chi connectivity index (χ2n) is 2.50. The van der Waals surface area contributed by atoms with Crippen LogP contribution in [-0.4, -0.2) is 13.1 Å². The molecule has 1 rings (SSSR count). The summed E-state index contributed by atoms with van der Waals surface area (Å²) in [6.07, 6.45) is 0.211. The largest absolute Gasteiger partial charge is 0.490 e. The Labute approximate surface area is 77.3 Å². The highest BCUT2D eigenvalue weighted by molar-refractivity contribution is 5.73. The van der Waals surface area contributed by atoms with Gasteiger partial charge in [0, 0.05) is 5.56 Å². The Morgan fingerprint density at radius 1 is 1.46 bits per heavy atom. The fourth-order valence-electron chi connectivity index (χ4n) is 1.02. The maximum atomic E-state index is 11.0. The van der Waals surface area contributed by atoms with E-state index in [0.717, 1.165) is 5.56 Å². The second kappa shape index (κ2) is 4.50. The molecule has 0 bridgehead atoms. The standard InChI is InChI=1S/C10H11O3/c1-12-9-6-4-3-5-8(9)7-10(11)13-2/h3-6H,1,7H2,2H3. The molecule has 3 nitrogen and oxygen atoms in total. The number of hydrogen-bond acceptors (Lipinski definition) is 3. The Morgan fingerprint density at radius 2 is 2.15 bits per heavy atom. The number of benzene rings is 1. The fraction of sp³-hybridized carbons (Fsp3) is 0.200. The molecular formula is C10H11O3. The van der Waals surface area contributed by atoms with E-state index in [1.807, 2.05) is 12.1 Å². The third-order valence-corrected chi connectivity index (χ3v) is 1.69. The van der Waals surface area contributed by atoms with Gasteiger partial charge in [0.15, 0.2) is 0 Å². The molecule has 69 valence electrons. The van der Waals surface area contributed by atoms with Gasteiger partial charge in [-0.15, -0.1) is 0 Å². The van der Waals surface area contributed by atoms with Crippen molar-refractivity contribution >= 4 is 5.97 Å². The Hall–Kier alpha value is -1.51. The summed E-state index contributed by atoms with van der Waals surface area (Å²) in [5.41, 5.74) is 0.782. The molecule has 0 aliphatic rings. The van der Waals surface area contributed by atoms with E-state index in [0.29, 0.717) is 5.75 Å². The van der Waals surface area contributed by atoms with Gasteiger partial charge in [0.1, 0.15) is 12.9 Å². The highest BCUT2D eigenvalue weighted by Crippen LogP contribution is 2.18. The van der Waals surface area contributed by atoms with Crippen LogP contribution < -0.4 is 4.74 Å². The molecule has 0 fully saturated rings. The van der Waals surface area contributed by atoms with E-state index < -0.39 is 0 Å². The van der Waals surface area contributed by atoms with Gasteiger partial charge in [-0.05, 0) is 6.07 Å². The molecule has 1 aromatic rings. The lowest BCUT2D eigenvalue weighted by Gasteiger charge is -2.05. The monoisotopic (exact) mass is 179 g/mol. The van der Waals surface area contributed by atoms with Crippen molar-refractivity contribution in [3.63, 3.8) is 0 Å². The van der Waals surface area contributed by atoms with Crippen LogP contribution in [0.4, 0.5) is 0 Å². The Morgan fingerprint density at radius 3 is 2.77 bits per heavy atom. The molecule has 0 N–H and O–H groups in total. The molecule has 0 spiro atoms. The Kier molecular flexibility index (Phi) is 3.31. The molecule has 1 aromatic carbocycles. The first kappa shape index (κ1) is 9.58. The van der Waals surface area contributed by atoms with E-state index in [4.69, 9.17) is 4.74 Å². The quantitative estimate of drug-likeness (QED) is 0.661. The van der Waals surface area contributed by atoms with Crippen molar-refractivity contribution in [1.82, 2.24) is 0 Å². The SMILES string of the molecule is [CH2]Oc1ccccc1CC(=O)OC. The zero-order chi connectivity index (χ0) is 9.68. The minimum absolute atomic E-state index is 0.211. The van der Waals surface area contributed by atoms with Gasteiger partial charge in [-0.2, -0.15) is 0 Å². The van der Waals surface area contributed by atoms with Crippen LogP contribution in [0, 0.1) is 7.11 Å². The van der Waals surface area contributed by atoms with Crippen LogP contribution in [0.25, 0.3) is 0 Å². The van der Waals surface area contributed by atoms with Crippen molar-refractivity contribution in [2.75, 3.05) is 7.11 Å². The third-order valence-electron chi connectivity index (χ3n) is 1.69. The average molecular weight is 179 g/mol. The van der Waals surface area contributed by atoms with Crippen molar-refractivity contribution in [3.8, 4) is 5.75 Å². The van der Waals surface area contributed by atoms with Crippen LogP contribution in [0.15, 0.2) is 24.3 Å². The summed E-state index contributed by atoms with van der Waals surface area (Å²) >= 11 is 0. The van der Waals surface area contributed by atoms with Crippen molar-refractivity contribution in [3.05, 3.63) is 36.9 Å². The topological polar surface area (TPSA) is 35.5 Å². The van der Waals surface area contributed by atoms with E-state index in [2.05, 4.69) is 11.8 Å². The van der Waals surface area contributed by atoms with E-state index in [9.17, 15) is 4.79 Å². The lowest BCUT2D eigenvalue weighted by atomic mass is 10.1. The van der Waals surface area contributed by atoms with Crippen molar-refractivity contribution in [2.45, 2.75) is 6.42 Å². The number of hydrogen-bond donors (Lipinski definition) is 0. The van der Waals surface area contributed by atoms with Gasteiger partial charge in [-0.25, -0.2) is 0 Å². The van der Waals surface area contributed by atoms with Gasteiger partial charge in [0.2, 0.25) is 0 Å². The maximum Gasteiger partial charge on any atom is 0.310 e. The van der Waals surface area contributed by atoms with E-state index in [1.165, 1.54) is 7.11 Å². The van der Waals surface area contributed by atoms with Gasteiger partial charge in [0.25, 0.3) is 0 Å². The molecule has 0 unspecified atom stereocenters. The molecule has 13 heavy (non-hydrogen) atoms. The van der Waals surface area contributed by atoms with Crippen LogP contribution in [0.2, 0.25) is 0 Å². The summed E-state index contributed by atoms with van der Waals surface area (Å²) < 4.78 is 9.37. The molecule has 0 aliphatic carbocycles. The molecule has 0 saturated heterocycles. The van der Waals surface area contributed by atoms with Crippen LogP contribution in [0.1, 0.15) is 5.56 Å². The number of methoxy groups -OCH3 is 1. The fourth-order valence-corrected chi connectivity index (χ4v) is 1.02. The number of para-hydroxylation sites is 1. The maximum absolute atomic E-state index is 11.0. The lowest BCUT2D eigenvalue weighted by Crippen LogP contribution is -2.05. The first-order chi connectivity index (χ1) is 6.27. The highest BCUT2D eigenvalue weighted by Gasteiger charge is 2.06. The summed E-state index contributed by atoms with van der Waals surface area (Å²) in [4.78, 5) is 11.0. The summed E-state index contributed by atoms with van der Waals surface area (Å²) in [7, 11) is 4.65. The van der Waals surface area contributed by atoms with Gasteiger partial charge in [0.05, 0.1) is 13.5 Å². The van der Waals surface area contributed by atoms with E-state index >= 15 is 0 Å². The van der Waals surface area contributed by atoms with Crippen LogP contribution in [-0.2, 0) is 16.0 Å². The van der Waals surface area contributed by atoms with Crippen molar-refractivity contribution in [1.29, 1.82) is 0 Å². The molecule has 0 saturated carbocycles. The number of ether oxygens (including phenoxy) is 2. The van der Waals surface area contributed by atoms with Crippen molar-refractivity contribution < 1.29 is 14.3 Å². The third kappa shape index (κ3) is 2.47. The van der Waals surface area contributed by atoms with Gasteiger partial charge in [-0.1, -0.05) is 18.2 Å². The molecule has 3 heteroatoms. The molecular weight excluding hydrogens is 168 g/mol. The second-order valence-corrected chi connectivity index (χ2v) is 2.50. The normalized spacial score (nSPS) is 9.38. The molecule has 1 radical (unpaired) electrons. The predicted octanol–water partition coefficient (Wildman–Crippen LogP) is 1.57. The van der Waals surface area contributed by atoms with Crippen LogP contribution >= 0.6 is 0 Å². The zero-order valence-electron chi connectivity index (χ0n) is 7.45. The number of carbonyl (C=O) groups excluding carboxylic acids is 1. The van der Waals surface area contributed by atoms with Crippen LogP contribution in [0.3, 0.4) is 0 Å². The lowest BCUT2D eigenvalue weighted by molar-refractivity contribution is -0.139. The van der Waals surface area contributed by atoms with Crippen LogP contribution in [0.5, 0.6) is 5.75 Å². The highest BCUT2D eigenvalue weighted by atomic mass is 16.5. The summed E-state index contributed by atoms with van der Waals surface area (Å²) in [5, 5.41) is 0. The zero-order valence-corrected chi connectivity index (χ0v) is 7.45. The summed E-state index contributed by atoms with van der Waals surface area (Å²) in [6, 6.07) is 7.21. The minimum atomic E-state index is -0.287. The Bertz CT molecular complexity index is 294. The summed E-state index contributed by atoms with van der Waals surface area (Å²) in [6.45, 7) is 0. The average Bonchev–Trinajstić information content (AvgIpc) is 2.18. The minimum Gasteiger partial charge on any atom is -0.490 e. The summed E-state index contributed by atoms with van der Waals surface area (Å²) in [5.74, 6) is 0.317. The first-order valence-electron chi connectivity index (χ1n) is 3.84. The number of carbonyl (C=O) groups is 1. The van der Waals surface area contributed by atoms with E-state index in [1.54, 1.807) is 12.1 Å². The van der Waals surface area contributed by atoms with E-state index in [-0.39, 0.29) is 12.4 Å². The molecule has 0 aliphatic heterocycles. The molecule has 0 atom stereocenters. The number of rotatable bonds is 3. The van der Waals surface area contributed by atoms with Gasteiger partial charge >= 0.3 is 5.97 Å².